The Kier molecular flexibility index (Phi) is 10.7. The summed E-state index contributed by atoms with van der Waals surface area (Å²) in [7, 11) is 0. The SMILES string of the molecule is CCCCCCCNC(=O)CNc1cccc(OCCC(C)C)c1. The number of carbonyl (C=O) groups is 1. The molecule has 1 rings (SSSR count). The number of anilines is 1. The van der Waals surface area contributed by atoms with Crippen molar-refractivity contribution in [3.05, 3.63) is 24.3 Å². The predicted octanol–water partition coefficient (Wildman–Crippen LogP) is 4.61. The fourth-order valence-corrected chi connectivity index (χ4v) is 2.31. The highest BCUT2D eigenvalue weighted by molar-refractivity contribution is 5.80. The monoisotopic (exact) mass is 334 g/mol. The van der Waals surface area contributed by atoms with Gasteiger partial charge in [0.15, 0.2) is 0 Å². The van der Waals surface area contributed by atoms with Crippen molar-refractivity contribution < 1.29 is 9.53 Å². The summed E-state index contributed by atoms with van der Waals surface area (Å²) in [5, 5.41) is 6.11. The zero-order chi connectivity index (χ0) is 17.6. The van der Waals surface area contributed by atoms with Gasteiger partial charge in [0.1, 0.15) is 5.75 Å². The Morgan fingerprint density at radius 1 is 1.17 bits per heavy atom. The van der Waals surface area contributed by atoms with Crippen LogP contribution in [0.1, 0.15) is 59.3 Å². The highest BCUT2D eigenvalue weighted by Gasteiger charge is 2.02. The maximum atomic E-state index is 11.8. The van der Waals surface area contributed by atoms with Crippen LogP contribution in [0.4, 0.5) is 5.69 Å². The second-order valence-electron chi connectivity index (χ2n) is 6.68. The summed E-state index contributed by atoms with van der Waals surface area (Å²) < 4.78 is 5.74. The Balaban J connectivity index is 2.20. The first-order chi connectivity index (χ1) is 11.6. The largest absolute Gasteiger partial charge is 0.494 e. The molecule has 136 valence electrons. The van der Waals surface area contributed by atoms with Gasteiger partial charge in [-0.25, -0.2) is 0 Å². The van der Waals surface area contributed by atoms with Gasteiger partial charge in [-0.2, -0.15) is 0 Å². The smallest absolute Gasteiger partial charge is 0.239 e. The summed E-state index contributed by atoms with van der Waals surface area (Å²) in [5.74, 6) is 1.52. The fraction of sp³-hybridized carbons (Fsp3) is 0.650. The van der Waals surface area contributed by atoms with Crippen molar-refractivity contribution in [2.45, 2.75) is 59.3 Å². The van der Waals surface area contributed by atoms with Crippen LogP contribution in [-0.4, -0.2) is 25.6 Å². The molecule has 1 aromatic carbocycles. The van der Waals surface area contributed by atoms with E-state index in [9.17, 15) is 4.79 Å². The minimum Gasteiger partial charge on any atom is -0.494 e. The molecule has 24 heavy (non-hydrogen) atoms. The number of hydrogen-bond donors (Lipinski definition) is 2. The molecule has 2 N–H and O–H groups in total. The van der Waals surface area contributed by atoms with Gasteiger partial charge in [0.2, 0.25) is 5.91 Å². The van der Waals surface area contributed by atoms with E-state index < -0.39 is 0 Å². The van der Waals surface area contributed by atoms with E-state index in [4.69, 9.17) is 4.74 Å². The molecule has 0 aliphatic heterocycles. The molecule has 1 aromatic rings. The van der Waals surface area contributed by atoms with Crippen LogP contribution >= 0.6 is 0 Å². The summed E-state index contributed by atoms with van der Waals surface area (Å²) in [5.41, 5.74) is 0.912. The highest BCUT2D eigenvalue weighted by atomic mass is 16.5. The zero-order valence-electron chi connectivity index (χ0n) is 15.6. The van der Waals surface area contributed by atoms with Crippen molar-refractivity contribution in [3.8, 4) is 5.75 Å². The van der Waals surface area contributed by atoms with Gasteiger partial charge >= 0.3 is 0 Å². The molecular weight excluding hydrogens is 300 g/mol. The summed E-state index contributed by atoms with van der Waals surface area (Å²) in [6, 6.07) is 7.78. The molecule has 0 unspecified atom stereocenters. The number of ether oxygens (including phenoxy) is 1. The molecule has 0 heterocycles. The Labute approximate surface area is 147 Å². The number of carbonyl (C=O) groups excluding carboxylic acids is 1. The molecule has 4 heteroatoms. The number of nitrogens with one attached hydrogen (secondary N) is 2. The van der Waals surface area contributed by atoms with Gasteiger partial charge in [0.05, 0.1) is 13.2 Å². The van der Waals surface area contributed by atoms with Crippen LogP contribution in [0.2, 0.25) is 0 Å². The maximum absolute atomic E-state index is 11.8. The normalized spacial score (nSPS) is 10.7. The maximum Gasteiger partial charge on any atom is 0.239 e. The number of benzene rings is 1. The molecule has 0 fully saturated rings. The van der Waals surface area contributed by atoms with E-state index >= 15 is 0 Å². The lowest BCUT2D eigenvalue weighted by Crippen LogP contribution is -2.30. The molecule has 0 aliphatic rings. The molecule has 1 amide bonds. The first kappa shape index (κ1) is 20.3. The third kappa shape index (κ3) is 10.1. The minimum atomic E-state index is 0.0385. The van der Waals surface area contributed by atoms with Crippen molar-refractivity contribution >= 4 is 11.6 Å². The summed E-state index contributed by atoms with van der Waals surface area (Å²) in [6.45, 7) is 8.36. The van der Waals surface area contributed by atoms with Crippen molar-refractivity contribution in [1.29, 1.82) is 0 Å². The van der Waals surface area contributed by atoms with E-state index in [0.29, 0.717) is 12.5 Å². The predicted molar refractivity (Wildman–Crippen MR) is 102 cm³/mol. The van der Waals surface area contributed by atoms with E-state index in [2.05, 4.69) is 31.4 Å². The van der Waals surface area contributed by atoms with Crippen LogP contribution in [-0.2, 0) is 4.79 Å². The second kappa shape index (κ2) is 12.7. The molecule has 0 saturated heterocycles. The minimum absolute atomic E-state index is 0.0385. The average molecular weight is 335 g/mol. The summed E-state index contributed by atoms with van der Waals surface area (Å²) >= 11 is 0. The first-order valence-electron chi connectivity index (χ1n) is 9.35. The van der Waals surface area contributed by atoms with Gasteiger partial charge in [0.25, 0.3) is 0 Å². The Morgan fingerprint density at radius 3 is 2.71 bits per heavy atom. The molecular formula is C20H34N2O2. The molecule has 0 atom stereocenters. The third-order valence-corrected chi connectivity index (χ3v) is 3.85. The third-order valence-electron chi connectivity index (χ3n) is 3.85. The molecule has 0 radical (unpaired) electrons. The van der Waals surface area contributed by atoms with E-state index in [-0.39, 0.29) is 5.91 Å². The van der Waals surface area contributed by atoms with Crippen LogP contribution in [0.3, 0.4) is 0 Å². The van der Waals surface area contributed by atoms with E-state index in [1.807, 2.05) is 24.3 Å². The van der Waals surface area contributed by atoms with Gasteiger partial charge < -0.3 is 15.4 Å². The number of hydrogen-bond acceptors (Lipinski definition) is 3. The highest BCUT2D eigenvalue weighted by Crippen LogP contribution is 2.17. The molecule has 4 nitrogen and oxygen atoms in total. The Morgan fingerprint density at radius 2 is 1.96 bits per heavy atom. The van der Waals surface area contributed by atoms with Crippen molar-refractivity contribution in [3.63, 3.8) is 0 Å². The van der Waals surface area contributed by atoms with E-state index in [1.54, 1.807) is 0 Å². The van der Waals surface area contributed by atoms with Gasteiger partial charge in [-0.15, -0.1) is 0 Å². The standard InChI is InChI=1S/C20H34N2O2/c1-4-5-6-7-8-13-21-20(23)16-22-18-10-9-11-19(15-18)24-14-12-17(2)3/h9-11,15,17,22H,4-8,12-14,16H2,1-3H3,(H,21,23). The fourth-order valence-electron chi connectivity index (χ4n) is 2.31. The Bertz CT molecular complexity index is 461. The number of unbranched alkanes of at least 4 members (excludes halogenated alkanes) is 4. The van der Waals surface area contributed by atoms with Crippen molar-refractivity contribution in [2.24, 2.45) is 5.92 Å². The summed E-state index contributed by atoms with van der Waals surface area (Å²) in [4.78, 5) is 11.8. The molecule has 0 bridgehead atoms. The summed E-state index contributed by atoms with van der Waals surface area (Å²) in [6.07, 6.45) is 7.08. The van der Waals surface area contributed by atoms with Gasteiger partial charge in [-0.1, -0.05) is 52.5 Å². The lowest BCUT2D eigenvalue weighted by atomic mass is 10.1. The Hall–Kier alpha value is -1.71. The molecule has 0 aromatic heterocycles. The van der Waals surface area contributed by atoms with Crippen molar-refractivity contribution in [2.75, 3.05) is 25.0 Å². The lowest BCUT2D eigenvalue weighted by molar-refractivity contribution is -0.119. The molecule has 0 saturated carbocycles. The molecule has 0 aliphatic carbocycles. The van der Waals surface area contributed by atoms with Crippen LogP contribution < -0.4 is 15.4 Å². The topological polar surface area (TPSA) is 50.4 Å². The average Bonchev–Trinajstić information content (AvgIpc) is 2.56. The van der Waals surface area contributed by atoms with E-state index in [1.165, 1.54) is 25.7 Å². The van der Waals surface area contributed by atoms with Gasteiger partial charge in [-0.05, 0) is 30.9 Å². The van der Waals surface area contributed by atoms with Gasteiger partial charge in [-0.3, -0.25) is 4.79 Å². The van der Waals surface area contributed by atoms with Crippen LogP contribution in [0.25, 0.3) is 0 Å². The number of amides is 1. The first-order valence-corrected chi connectivity index (χ1v) is 9.35. The van der Waals surface area contributed by atoms with Crippen LogP contribution in [0.5, 0.6) is 5.75 Å². The van der Waals surface area contributed by atoms with Crippen molar-refractivity contribution in [1.82, 2.24) is 5.32 Å². The number of rotatable bonds is 13. The lowest BCUT2D eigenvalue weighted by Gasteiger charge is -2.11. The van der Waals surface area contributed by atoms with Gasteiger partial charge in [0, 0.05) is 18.3 Å². The zero-order valence-corrected chi connectivity index (χ0v) is 15.6. The van der Waals surface area contributed by atoms with Crippen LogP contribution in [0, 0.1) is 5.92 Å². The second-order valence-corrected chi connectivity index (χ2v) is 6.68. The quantitative estimate of drug-likeness (QED) is 0.518. The molecule has 0 spiro atoms. The van der Waals surface area contributed by atoms with E-state index in [0.717, 1.165) is 37.4 Å². The van der Waals surface area contributed by atoms with Crippen LogP contribution in [0.15, 0.2) is 24.3 Å².